The molecule has 0 aliphatic carbocycles. The molecule has 0 unspecified atom stereocenters. The molecule has 11 heavy (non-hydrogen) atoms. The van der Waals surface area contributed by atoms with E-state index in [0.717, 1.165) is 6.07 Å². The summed E-state index contributed by atoms with van der Waals surface area (Å²) in [6.45, 7) is 4.70. The minimum Gasteiger partial charge on any atom is -0.275 e. The number of hydrogen-bond donors (Lipinski definition) is 1. The van der Waals surface area contributed by atoms with Gasteiger partial charge < -0.3 is 0 Å². The molecule has 1 N–H and O–H groups in total. The lowest BCUT2D eigenvalue weighted by Gasteiger charge is -2.00. The molecule has 0 fully saturated rings. The Morgan fingerprint density at radius 3 is 2.73 bits per heavy atom. The maximum absolute atomic E-state index is 12.6. The van der Waals surface area contributed by atoms with Crippen LogP contribution in [0, 0.1) is 11.6 Å². The largest absolute Gasteiger partial charge is 0.275 e. The van der Waals surface area contributed by atoms with E-state index in [4.69, 9.17) is 6.72 Å². The van der Waals surface area contributed by atoms with Gasteiger partial charge in [0.25, 0.3) is 0 Å². The van der Waals surface area contributed by atoms with Crippen molar-refractivity contribution in [1.29, 1.82) is 0 Å². The average molecular weight is 155 g/mol. The summed E-state index contributed by atoms with van der Waals surface area (Å²) in [7, 11) is 0. The van der Waals surface area contributed by atoms with E-state index in [1.807, 2.05) is 0 Å². The molecule has 0 heterocycles. The fourth-order valence-electron chi connectivity index (χ4n) is 0.660. The van der Waals surface area contributed by atoms with Crippen molar-refractivity contribution in [3.63, 3.8) is 0 Å². The van der Waals surface area contributed by atoms with Crippen molar-refractivity contribution in [3.8, 4) is 0 Å². The van der Waals surface area contributed by atoms with Crippen molar-refractivity contribution in [1.82, 2.24) is 0 Å². The first kappa shape index (κ1) is 7.65. The van der Waals surface area contributed by atoms with Gasteiger partial charge in [0, 0.05) is 0 Å². The standard InChI is InChI=1S/C7H5F2N2/c1-10-11-6-4-2-3-5(8)7(6)9/h1-4,11H. The van der Waals surface area contributed by atoms with E-state index in [1.165, 1.54) is 12.1 Å². The van der Waals surface area contributed by atoms with Crippen LogP contribution in [0.4, 0.5) is 14.5 Å². The first-order chi connectivity index (χ1) is 5.25. The number of benzene rings is 1. The van der Waals surface area contributed by atoms with Crippen LogP contribution in [0.1, 0.15) is 0 Å². The number of anilines is 1. The smallest absolute Gasteiger partial charge is 0.183 e. The Bertz CT molecular complexity index is 273. The molecule has 0 aromatic heterocycles. The Morgan fingerprint density at radius 2 is 2.09 bits per heavy atom. The molecule has 0 saturated carbocycles. The zero-order valence-corrected chi connectivity index (χ0v) is 5.51. The molecule has 0 spiro atoms. The van der Waals surface area contributed by atoms with Crippen molar-refractivity contribution in [2.24, 2.45) is 5.10 Å². The number of halogens is 2. The summed E-state index contributed by atoms with van der Waals surface area (Å²) in [4.78, 5) is 0. The molecule has 0 bridgehead atoms. The first-order valence-electron chi connectivity index (χ1n) is 2.85. The average Bonchev–Trinajstić information content (AvgIpc) is 1.99. The molecule has 1 radical (unpaired) electrons. The van der Waals surface area contributed by atoms with E-state index in [-0.39, 0.29) is 5.69 Å². The SMILES string of the molecule is [CH]=NNc1cccc(F)c1F. The molecule has 1 aromatic rings. The van der Waals surface area contributed by atoms with Gasteiger partial charge in [-0.15, -0.1) is 0 Å². The van der Waals surface area contributed by atoms with Crippen LogP contribution in [0.15, 0.2) is 23.3 Å². The molecule has 0 atom stereocenters. The monoisotopic (exact) mass is 155 g/mol. The van der Waals surface area contributed by atoms with Crippen molar-refractivity contribution in [2.75, 3.05) is 5.43 Å². The number of nitrogens with one attached hydrogen (secondary N) is 1. The molecule has 4 heteroatoms. The topological polar surface area (TPSA) is 24.4 Å². The maximum Gasteiger partial charge on any atom is 0.183 e. The van der Waals surface area contributed by atoms with Crippen molar-refractivity contribution < 1.29 is 8.78 Å². The predicted octanol–water partition coefficient (Wildman–Crippen LogP) is 1.87. The third-order valence-electron chi connectivity index (χ3n) is 1.14. The molecule has 0 aliphatic rings. The highest BCUT2D eigenvalue weighted by Gasteiger charge is 2.04. The number of hydrogen-bond acceptors (Lipinski definition) is 2. The highest BCUT2D eigenvalue weighted by Crippen LogP contribution is 2.15. The van der Waals surface area contributed by atoms with E-state index < -0.39 is 11.6 Å². The van der Waals surface area contributed by atoms with Gasteiger partial charge in [0.15, 0.2) is 11.6 Å². The quantitative estimate of drug-likeness (QED) is 0.511. The summed E-state index contributed by atoms with van der Waals surface area (Å²) in [5.74, 6) is -1.92. The van der Waals surface area contributed by atoms with Crippen molar-refractivity contribution >= 4 is 12.4 Å². The Balaban J connectivity index is 3.05. The lowest BCUT2D eigenvalue weighted by Crippen LogP contribution is -1.93. The van der Waals surface area contributed by atoms with Crippen molar-refractivity contribution in [2.45, 2.75) is 0 Å². The van der Waals surface area contributed by atoms with Crippen LogP contribution in [0.5, 0.6) is 0 Å². The van der Waals surface area contributed by atoms with Gasteiger partial charge in [-0.1, -0.05) is 6.07 Å². The fourth-order valence-corrected chi connectivity index (χ4v) is 0.660. The lowest BCUT2D eigenvalue weighted by atomic mass is 10.3. The van der Waals surface area contributed by atoms with Crippen LogP contribution in [0.25, 0.3) is 0 Å². The normalized spacial score (nSPS) is 9.27. The summed E-state index contributed by atoms with van der Waals surface area (Å²) >= 11 is 0. The third kappa shape index (κ3) is 1.52. The van der Waals surface area contributed by atoms with E-state index >= 15 is 0 Å². The second kappa shape index (κ2) is 3.09. The van der Waals surface area contributed by atoms with Crippen LogP contribution in [0.3, 0.4) is 0 Å². The highest BCUT2D eigenvalue weighted by molar-refractivity contribution is 5.45. The second-order valence-electron chi connectivity index (χ2n) is 1.84. The van der Waals surface area contributed by atoms with Gasteiger partial charge in [-0.25, -0.2) is 8.78 Å². The Labute approximate surface area is 62.5 Å². The molecule has 0 amide bonds. The summed E-state index contributed by atoms with van der Waals surface area (Å²) in [6.07, 6.45) is 0. The Morgan fingerprint density at radius 1 is 1.36 bits per heavy atom. The highest BCUT2D eigenvalue weighted by atomic mass is 19.2. The van der Waals surface area contributed by atoms with Gasteiger partial charge in [0.05, 0.1) is 12.4 Å². The van der Waals surface area contributed by atoms with Gasteiger partial charge in [-0.05, 0) is 12.1 Å². The molecular formula is C7H5F2N2. The predicted molar refractivity (Wildman–Crippen MR) is 38.5 cm³/mol. The van der Waals surface area contributed by atoms with E-state index in [0.29, 0.717) is 0 Å². The first-order valence-corrected chi connectivity index (χ1v) is 2.85. The summed E-state index contributed by atoms with van der Waals surface area (Å²) in [6, 6.07) is 3.69. The Hall–Kier alpha value is -1.45. The number of rotatable bonds is 2. The molecule has 0 aliphatic heterocycles. The minimum atomic E-state index is -0.985. The molecule has 1 aromatic carbocycles. The zero-order chi connectivity index (χ0) is 8.27. The van der Waals surface area contributed by atoms with E-state index in [1.54, 1.807) is 0 Å². The fraction of sp³-hybridized carbons (Fsp3) is 0. The third-order valence-corrected chi connectivity index (χ3v) is 1.14. The second-order valence-corrected chi connectivity index (χ2v) is 1.84. The van der Waals surface area contributed by atoms with Gasteiger partial charge in [-0.2, -0.15) is 5.10 Å². The van der Waals surface area contributed by atoms with Crippen LogP contribution in [0.2, 0.25) is 0 Å². The van der Waals surface area contributed by atoms with Crippen molar-refractivity contribution in [3.05, 3.63) is 29.8 Å². The summed E-state index contributed by atoms with van der Waals surface area (Å²) < 4.78 is 25.0. The van der Waals surface area contributed by atoms with Crippen LogP contribution < -0.4 is 5.43 Å². The number of hydrazone groups is 1. The molecule has 2 nitrogen and oxygen atoms in total. The molecular weight excluding hydrogens is 150 g/mol. The van der Waals surface area contributed by atoms with Gasteiger partial charge in [0.2, 0.25) is 0 Å². The molecule has 1 rings (SSSR count). The van der Waals surface area contributed by atoms with Crippen LogP contribution in [-0.4, -0.2) is 6.72 Å². The van der Waals surface area contributed by atoms with Crippen LogP contribution in [-0.2, 0) is 0 Å². The van der Waals surface area contributed by atoms with Gasteiger partial charge >= 0.3 is 0 Å². The lowest BCUT2D eigenvalue weighted by molar-refractivity contribution is 0.511. The molecule has 57 valence electrons. The van der Waals surface area contributed by atoms with E-state index in [2.05, 4.69) is 10.5 Å². The summed E-state index contributed by atoms with van der Waals surface area (Å²) in [5, 5.41) is 2.95. The van der Waals surface area contributed by atoms with Gasteiger partial charge in [0.1, 0.15) is 0 Å². The zero-order valence-electron chi connectivity index (χ0n) is 5.51. The van der Waals surface area contributed by atoms with Gasteiger partial charge in [-0.3, -0.25) is 5.43 Å². The minimum absolute atomic E-state index is 0.0764. The van der Waals surface area contributed by atoms with E-state index in [9.17, 15) is 8.78 Å². The summed E-state index contributed by atoms with van der Waals surface area (Å²) in [5.41, 5.74) is 2.03. The Kier molecular flexibility index (Phi) is 2.15. The molecule has 0 saturated heterocycles. The maximum atomic E-state index is 12.6. The van der Waals surface area contributed by atoms with Crippen LogP contribution >= 0.6 is 0 Å². The number of nitrogens with zero attached hydrogens (tertiary/aromatic N) is 1.